The van der Waals surface area contributed by atoms with Crippen molar-refractivity contribution in [1.29, 1.82) is 0 Å². The number of nitrogens with zero attached hydrogens (tertiary/aromatic N) is 1. The number of nitrogens with one attached hydrogen (secondary N) is 1. The van der Waals surface area contributed by atoms with Crippen LogP contribution >= 0.6 is 0 Å². The minimum atomic E-state index is 0.186. The van der Waals surface area contributed by atoms with Gasteiger partial charge in [-0.25, -0.2) is 0 Å². The molecule has 0 spiro atoms. The maximum Gasteiger partial charge on any atom is 0.269 e. The zero-order chi connectivity index (χ0) is 11.3. The van der Waals surface area contributed by atoms with Crippen LogP contribution in [0.15, 0.2) is 4.79 Å². The first-order valence-electron chi connectivity index (χ1n) is 6.05. The van der Waals surface area contributed by atoms with E-state index in [0.29, 0.717) is 0 Å². The molecule has 0 aliphatic carbocycles. The van der Waals surface area contributed by atoms with Crippen LogP contribution in [0.2, 0.25) is 0 Å². The van der Waals surface area contributed by atoms with Crippen LogP contribution in [0.25, 0.3) is 0 Å². The van der Waals surface area contributed by atoms with Crippen molar-refractivity contribution in [3.05, 3.63) is 21.6 Å². The third-order valence-corrected chi connectivity index (χ3v) is 2.72. The number of rotatable bonds is 6. The summed E-state index contributed by atoms with van der Waals surface area (Å²) in [6.07, 6.45) is 5.16. The van der Waals surface area contributed by atoms with Crippen molar-refractivity contribution in [3.8, 4) is 0 Å². The van der Waals surface area contributed by atoms with Crippen LogP contribution in [0.4, 0.5) is 0 Å². The number of aryl methyl sites for hydroxylation is 2. The lowest BCUT2D eigenvalue weighted by Gasteiger charge is -1.99. The third-order valence-electron chi connectivity index (χ3n) is 2.72. The van der Waals surface area contributed by atoms with Gasteiger partial charge in [0, 0.05) is 17.8 Å². The number of H-pyrrole nitrogens is 1. The standard InChI is InChI=1S/C12H22N2O/c1-4-7-8-11-10(6-3)12(15)14(13-11)9-5-2/h13H,4-9H2,1-3H3. The van der Waals surface area contributed by atoms with E-state index in [1.165, 1.54) is 6.42 Å². The second kappa shape index (κ2) is 5.79. The number of unbranched alkanes of at least 4 members (excludes halogenated alkanes) is 1. The predicted octanol–water partition coefficient (Wildman–Crippen LogP) is 2.49. The van der Waals surface area contributed by atoms with E-state index in [1.807, 2.05) is 0 Å². The SMILES string of the molecule is CCCCc1[nH]n(CCC)c(=O)c1CC. The Morgan fingerprint density at radius 3 is 2.47 bits per heavy atom. The summed E-state index contributed by atoms with van der Waals surface area (Å²) in [4.78, 5) is 11.9. The van der Waals surface area contributed by atoms with Crippen molar-refractivity contribution < 1.29 is 0 Å². The summed E-state index contributed by atoms with van der Waals surface area (Å²) in [5.74, 6) is 0. The quantitative estimate of drug-likeness (QED) is 0.769. The number of hydrogen-bond acceptors (Lipinski definition) is 1. The Bertz CT molecular complexity index is 349. The highest BCUT2D eigenvalue weighted by molar-refractivity contribution is 5.17. The van der Waals surface area contributed by atoms with Gasteiger partial charge in [0.05, 0.1) is 0 Å². The highest BCUT2D eigenvalue weighted by atomic mass is 16.1. The van der Waals surface area contributed by atoms with Gasteiger partial charge in [-0.3, -0.25) is 14.6 Å². The normalized spacial score (nSPS) is 10.9. The molecule has 3 heteroatoms. The zero-order valence-corrected chi connectivity index (χ0v) is 10.1. The summed E-state index contributed by atoms with van der Waals surface area (Å²) in [6, 6.07) is 0. The van der Waals surface area contributed by atoms with E-state index in [2.05, 4.69) is 25.9 Å². The fraction of sp³-hybridized carbons (Fsp3) is 0.750. The van der Waals surface area contributed by atoms with Crippen molar-refractivity contribution in [3.63, 3.8) is 0 Å². The molecule has 0 aliphatic rings. The average Bonchev–Trinajstić information content (AvgIpc) is 2.53. The molecular formula is C12H22N2O. The molecule has 0 aromatic carbocycles. The third kappa shape index (κ3) is 2.74. The second-order valence-electron chi connectivity index (χ2n) is 3.98. The largest absolute Gasteiger partial charge is 0.299 e. The Hall–Kier alpha value is -0.990. The lowest BCUT2D eigenvalue weighted by atomic mass is 10.1. The summed E-state index contributed by atoms with van der Waals surface area (Å²) in [5.41, 5.74) is 2.32. The Morgan fingerprint density at radius 2 is 1.93 bits per heavy atom. The van der Waals surface area contributed by atoms with Crippen molar-refractivity contribution in [2.45, 2.75) is 59.4 Å². The molecule has 0 radical (unpaired) electrons. The molecule has 0 bridgehead atoms. The molecule has 1 aromatic heterocycles. The van der Waals surface area contributed by atoms with E-state index < -0.39 is 0 Å². The molecule has 0 atom stereocenters. The molecule has 86 valence electrons. The molecule has 1 N–H and O–H groups in total. The van der Waals surface area contributed by atoms with Crippen LogP contribution in [0.1, 0.15) is 51.3 Å². The van der Waals surface area contributed by atoms with Crippen molar-refractivity contribution >= 4 is 0 Å². The van der Waals surface area contributed by atoms with Crippen molar-refractivity contribution in [2.75, 3.05) is 0 Å². The molecule has 0 fully saturated rings. The van der Waals surface area contributed by atoms with Gasteiger partial charge in [-0.05, 0) is 25.7 Å². The molecular weight excluding hydrogens is 188 g/mol. The molecule has 0 saturated carbocycles. The molecule has 0 amide bonds. The molecule has 3 nitrogen and oxygen atoms in total. The topological polar surface area (TPSA) is 37.8 Å². The summed E-state index contributed by atoms with van der Waals surface area (Å²) in [6.45, 7) is 7.12. The van der Waals surface area contributed by atoms with E-state index in [-0.39, 0.29) is 5.56 Å². The Morgan fingerprint density at radius 1 is 1.20 bits per heavy atom. The summed E-state index contributed by atoms with van der Waals surface area (Å²) in [5, 5.41) is 3.24. The van der Waals surface area contributed by atoms with Crippen LogP contribution in [-0.4, -0.2) is 9.78 Å². The molecule has 15 heavy (non-hydrogen) atoms. The van der Waals surface area contributed by atoms with Gasteiger partial charge in [0.1, 0.15) is 0 Å². The maximum absolute atomic E-state index is 11.9. The predicted molar refractivity (Wildman–Crippen MR) is 63.3 cm³/mol. The summed E-state index contributed by atoms with van der Waals surface area (Å²) < 4.78 is 1.75. The average molecular weight is 210 g/mol. The zero-order valence-electron chi connectivity index (χ0n) is 10.1. The maximum atomic E-state index is 11.9. The van der Waals surface area contributed by atoms with Crippen molar-refractivity contribution in [2.24, 2.45) is 0 Å². The van der Waals surface area contributed by atoms with Crippen LogP contribution in [0.3, 0.4) is 0 Å². The molecule has 1 rings (SSSR count). The van der Waals surface area contributed by atoms with E-state index in [0.717, 1.165) is 43.5 Å². The lowest BCUT2D eigenvalue weighted by Crippen LogP contribution is -2.18. The minimum absolute atomic E-state index is 0.186. The first-order chi connectivity index (χ1) is 7.24. The molecule has 1 heterocycles. The number of aromatic nitrogens is 2. The Labute approximate surface area is 91.5 Å². The van der Waals surface area contributed by atoms with Gasteiger partial charge >= 0.3 is 0 Å². The van der Waals surface area contributed by atoms with Gasteiger partial charge in [0.15, 0.2) is 0 Å². The van der Waals surface area contributed by atoms with Crippen molar-refractivity contribution in [1.82, 2.24) is 9.78 Å². The Balaban J connectivity index is 2.94. The van der Waals surface area contributed by atoms with Gasteiger partial charge < -0.3 is 0 Å². The number of hydrogen-bond donors (Lipinski definition) is 1. The molecule has 0 aliphatic heterocycles. The Kier molecular flexibility index (Phi) is 4.66. The van der Waals surface area contributed by atoms with E-state index >= 15 is 0 Å². The summed E-state index contributed by atoms with van der Waals surface area (Å²) in [7, 11) is 0. The van der Waals surface area contributed by atoms with E-state index in [1.54, 1.807) is 4.68 Å². The van der Waals surface area contributed by atoms with Gasteiger partial charge in [-0.2, -0.15) is 0 Å². The minimum Gasteiger partial charge on any atom is -0.299 e. The first-order valence-corrected chi connectivity index (χ1v) is 6.05. The van der Waals surface area contributed by atoms with Gasteiger partial charge in [0.2, 0.25) is 0 Å². The van der Waals surface area contributed by atoms with E-state index in [9.17, 15) is 4.79 Å². The fourth-order valence-electron chi connectivity index (χ4n) is 1.88. The monoisotopic (exact) mass is 210 g/mol. The fourth-order valence-corrected chi connectivity index (χ4v) is 1.88. The van der Waals surface area contributed by atoms with E-state index in [4.69, 9.17) is 0 Å². The van der Waals surface area contributed by atoms with Crippen LogP contribution in [0.5, 0.6) is 0 Å². The van der Waals surface area contributed by atoms with Gasteiger partial charge in [-0.15, -0.1) is 0 Å². The van der Waals surface area contributed by atoms with Crippen LogP contribution in [0, 0.1) is 0 Å². The number of aromatic amines is 1. The first kappa shape index (κ1) is 12.1. The molecule has 0 saturated heterocycles. The molecule has 1 aromatic rings. The van der Waals surface area contributed by atoms with Crippen LogP contribution in [-0.2, 0) is 19.4 Å². The second-order valence-corrected chi connectivity index (χ2v) is 3.98. The van der Waals surface area contributed by atoms with Crippen LogP contribution < -0.4 is 5.56 Å². The highest BCUT2D eigenvalue weighted by Gasteiger charge is 2.10. The van der Waals surface area contributed by atoms with Gasteiger partial charge in [0.25, 0.3) is 5.56 Å². The molecule has 0 unspecified atom stereocenters. The smallest absolute Gasteiger partial charge is 0.269 e. The summed E-state index contributed by atoms with van der Waals surface area (Å²) >= 11 is 0. The highest BCUT2D eigenvalue weighted by Crippen LogP contribution is 2.07. The van der Waals surface area contributed by atoms with Gasteiger partial charge in [-0.1, -0.05) is 27.2 Å². The lowest BCUT2D eigenvalue weighted by molar-refractivity contribution is 0.575.